The van der Waals surface area contributed by atoms with Crippen molar-refractivity contribution in [2.75, 3.05) is 31.3 Å². The molecule has 0 unspecified atom stereocenters. The number of nitrogens with one attached hydrogen (secondary N) is 1. The Labute approximate surface area is 85.3 Å². The molecule has 14 heavy (non-hydrogen) atoms. The quantitative estimate of drug-likeness (QED) is 0.557. The predicted molar refractivity (Wildman–Crippen MR) is 60.6 cm³/mol. The second-order valence-electron chi connectivity index (χ2n) is 3.35. The zero-order valence-corrected chi connectivity index (χ0v) is 8.84. The molecule has 0 fully saturated rings. The van der Waals surface area contributed by atoms with Crippen molar-refractivity contribution in [3.63, 3.8) is 0 Å². The van der Waals surface area contributed by atoms with Crippen LogP contribution >= 0.6 is 0 Å². The van der Waals surface area contributed by atoms with E-state index in [9.17, 15) is 0 Å². The molecule has 0 aromatic heterocycles. The van der Waals surface area contributed by atoms with E-state index in [0.717, 1.165) is 30.9 Å². The largest absolute Gasteiger partial charge is 0.399 e. The van der Waals surface area contributed by atoms with Crippen LogP contribution in [0.15, 0.2) is 18.2 Å². The fourth-order valence-corrected chi connectivity index (χ4v) is 1.32. The number of nitrogens with two attached hydrogens (primary N) is 1. The molecule has 1 rings (SSSR count). The van der Waals surface area contributed by atoms with Crippen molar-refractivity contribution >= 4 is 11.4 Å². The topological polar surface area (TPSA) is 47.3 Å². The minimum absolute atomic E-state index is 0.793. The standard InChI is InChI=1S/C11H18N2O/c1-9-8-10(12)4-5-11(9)13-6-3-7-14-2/h4-5,8,13H,3,6-7,12H2,1-2H3. The Balaban J connectivity index is 2.42. The zero-order valence-electron chi connectivity index (χ0n) is 8.84. The first-order chi connectivity index (χ1) is 6.74. The molecule has 1 aromatic rings. The smallest absolute Gasteiger partial charge is 0.0479 e. The highest BCUT2D eigenvalue weighted by Crippen LogP contribution is 2.17. The molecule has 0 radical (unpaired) electrons. The first-order valence-corrected chi connectivity index (χ1v) is 4.83. The number of anilines is 2. The van der Waals surface area contributed by atoms with Gasteiger partial charge in [-0.05, 0) is 37.1 Å². The molecule has 78 valence electrons. The number of rotatable bonds is 5. The van der Waals surface area contributed by atoms with Crippen molar-refractivity contribution in [2.24, 2.45) is 0 Å². The van der Waals surface area contributed by atoms with Gasteiger partial charge in [0.1, 0.15) is 0 Å². The summed E-state index contributed by atoms with van der Waals surface area (Å²) in [6, 6.07) is 5.89. The molecule has 0 spiro atoms. The molecule has 0 aliphatic heterocycles. The van der Waals surface area contributed by atoms with E-state index in [4.69, 9.17) is 10.5 Å². The van der Waals surface area contributed by atoms with Crippen molar-refractivity contribution in [2.45, 2.75) is 13.3 Å². The lowest BCUT2D eigenvalue weighted by Crippen LogP contribution is -2.05. The van der Waals surface area contributed by atoms with Crippen molar-refractivity contribution in [1.29, 1.82) is 0 Å². The molecule has 0 aliphatic rings. The third-order valence-electron chi connectivity index (χ3n) is 2.09. The molecule has 3 heteroatoms. The molecule has 0 heterocycles. The first kappa shape index (κ1) is 10.9. The molecule has 0 atom stereocenters. The summed E-state index contributed by atoms with van der Waals surface area (Å²) in [6.07, 6.45) is 1.01. The number of methoxy groups -OCH3 is 1. The third kappa shape index (κ3) is 3.26. The summed E-state index contributed by atoms with van der Waals surface area (Å²) in [4.78, 5) is 0. The van der Waals surface area contributed by atoms with E-state index in [2.05, 4.69) is 12.2 Å². The summed E-state index contributed by atoms with van der Waals surface area (Å²) in [7, 11) is 1.72. The van der Waals surface area contributed by atoms with Crippen molar-refractivity contribution in [3.05, 3.63) is 23.8 Å². The van der Waals surface area contributed by atoms with Gasteiger partial charge in [0.25, 0.3) is 0 Å². The normalized spacial score (nSPS) is 10.1. The van der Waals surface area contributed by atoms with E-state index in [1.165, 1.54) is 5.56 Å². The Morgan fingerprint density at radius 3 is 2.86 bits per heavy atom. The number of hydrogen-bond acceptors (Lipinski definition) is 3. The number of nitrogen functional groups attached to an aromatic ring is 1. The molecule has 3 nitrogen and oxygen atoms in total. The van der Waals surface area contributed by atoms with Gasteiger partial charge in [0, 0.05) is 31.6 Å². The summed E-state index contributed by atoms with van der Waals surface area (Å²) in [6.45, 7) is 3.77. The third-order valence-corrected chi connectivity index (χ3v) is 2.09. The van der Waals surface area contributed by atoms with Gasteiger partial charge in [-0.1, -0.05) is 0 Å². The van der Waals surface area contributed by atoms with Crippen LogP contribution in [0.2, 0.25) is 0 Å². The van der Waals surface area contributed by atoms with Gasteiger partial charge in [-0.2, -0.15) is 0 Å². The Hall–Kier alpha value is -1.22. The van der Waals surface area contributed by atoms with Gasteiger partial charge < -0.3 is 15.8 Å². The van der Waals surface area contributed by atoms with Crippen LogP contribution in [-0.4, -0.2) is 20.3 Å². The fourth-order valence-electron chi connectivity index (χ4n) is 1.32. The van der Waals surface area contributed by atoms with Crippen molar-refractivity contribution < 1.29 is 4.74 Å². The van der Waals surface area contributed by atoms with Gasteiger partial charge in [-0.3, -0.25) is 0 Å². The average Bonchev–Trinajstić information content (AvgIpc) is 2.15. The molecule has 3 N–H and O–H groups in total. The SMILES string of the molecule is COCCCNc1ccc(N)cc1C. The van der Waals surface area contributed by atoms with Crippen molar-refractivity contribution in [3.8, 4) is 0 Å². The van der Waals surface area contributed by atoms with Gasteiger partial charge >= 0.3 is 0 Å². The fraction of sp³-hybridized carbons (Fsp3) is 0.455. The van der Waals surface area contributed by atoms with Gasteiger partial charge in [-0.25, -0.2) is 0 Å². The monoisotopic (exact) mass is 194 g/mol. The number of benzene rings is 1. The molecular weight excluding hydrogens is 176 g/mol. The van der Waals surface area contributed by atoms with Gasteiger partial charge in [0.05, 0.1) is 0 Å². The van der Waals surface area contributed by atoms with Crippen LogP contribution in [0.1, 0.15) is 12.0 Å². The van der Waals surface area contributed by atoms with Crippen LogP contribution in [0.4, 0.5) is 11.4 Å². The highest BCUT2D eigenvalue weighted by atomic mass is 16.5. The van der Waals surface area contributed by atoms with Crippen LogP contribution in [-0.2, 0) is 4.74 Å². The van der Waals surface area contributed by atoms with Crippen LogP contribution in [0, 0.1) is 6.92 Å². The minimum Gasteiger partial charge on any atom is -0.399 e. The molecule has 0 saturated carbocycles. The lowest BCUT2D eigenvalue weighted by Gasteiger charge is -2.09. The Morgan fingerprint density at radius 2 is 2.21 bits per heavy atom. The minimum atomic E-state index is 0.793. The lowest BCUT2D eigenvalue weighted by molar-refractivity contribution is 0.198. The molecule has 0 amide bonds. The number of hydrogen-bond donors (Lipinski definition) is 2. The maximum atomic E-state index is 5.66. The van der Waals surface area contributed by atoms with E-state index >= 15 is 0 Å². The molecule has 0 aliphatic carbocycles. The first-order valence-electron chi connectivity index (χ1n) is 4.83. The lowest BCUT2D eigenvalue weighted by atomic mass is 10.2. The Morgan fingerprint density at radius 1 is 1.43 bits per heavy atom. The number of ether oxygens (including phenoxy) is 1. The van der Waals surface area contributed by atoms with E-state index in [1.807, 2.05) is 18.2 Å². The van der Waals surface area contributed by atoms with E-state index in [-0.39, 0.29) is 0 Å². The summed E-state index contributed by atoms with van der Waals surface area (Å²) in [5, 5.41) is 3.34. The van der Waals surface area contributed by atoms with E-state index in [1.54, 1.807) is 7.11 Å². The second-order valence-corrected chi connectivity index (χ2v) is 3.35. The van der Waals surface area contributed by atoms with Crippen LogP contribution < -0.4 is 11.1 Å². The maximum Gasteiger partial charge on any atom is 0.0479 e. The van der Waals surface area contributed by atoms with Crippen LogP contribution in [0.3, 0.4) is 0 Å². The predicted octanol–water partition coefficient (Wildman–Crippen LogP) is 2.03. The molecule has 0 bridgehead atoms. The highest BCUT2D eigenvalue weighted by Gasteiger charge is 1.96. The molecule has 0 saturated heterocycles. The van der Waals surface area contributed by atoms with Gasteiger partial charge in [0.2, 0.25) is 0 Å². The molecular formula is C11H18N2O. The second kappa shape index (κ2) is 5.50. The van der Waals surface area contributed by atoms with Gasteiger partial charge in [0.15, 0.2) is 0 Å². The zero-order chi connectivity index (χ0) is 10.4. The van der Waals surface area contributed by atoms with E-state index in [0.29, 0.717) is 0 Å². The summed E-state index contributed by atoms with van der Waals surface area (Å²) >= 11 is 0. The van der Waals surface area contributed by atoms with Crippen LogP contribution in [0.5, 0.6) is 0 Å². The number of aryl methyl sites for hydroxylation is 1. The summed E-state index contributed by atoms with van der Waals surface area (Å²) in [5.41, 5.74) is 8.80. The summed E-state index contributed by atoms with van der Waals surface area (Å²) < 4.78 is 4.97. The summed E-state index contributed by atoms with van der Waals surface area (Å²) in [5.74, 6) is 0. The van der Waals surface area contributed by atoms with Crippen molar-refractivity contribution in [1.82, 2.24) is 0 Å². The highest BCUT2D eigenvalue weighted by molar-refractivity contribution is 5.57. The maximum absolute atomic E-state index is 5.66. The molecule has 1 aromatic carbocycles. The van der Waals surface area contributed by atoms with E-state index < -0.39 is 0 Å². The Kier molecular flexibility index (Phi) is 4.26. The average molecular weight is 194 g/mol. The Bertz CT molecular complexity index is 287. The van der Waals surface area contributed by atoms with Gasteiger partial charge in [-0.15, -0.1) is 0 Å². The van der Waals surface area contributed by atoms with Crippen LogP contribution in [0.25, 0.3) is 0 Å².